The molecule has 0 unspecified atom stereocenters. The molecule has 3 rings (SSSR count). The zero-order valence-corrected chi connectivity index (χ0v) is 13.6. The highest BCUT2D eigenvalue weighted by Gasteiger charge is 2.11. The van der Waals surface area contributed by atoms with Gasteiger partial charge in [0.25, 0.3) is 0 Å². The summed E-state index contributed by atoms with van der Waals surface area (Å²) in [4.78, 5) is 19.0. The Morgan fingerprint density at radius 1 is 1.04 bits per heavy atom. The number of nitrogens with zero attached hydrogens (tertiary/aromatic N) is 1. The predicted octanol–water partition coefficient (Wildman–Crippen LogP) is 4.75. The number of aromatic carboxylic acids is 1. The summed E-state index contributed by atoms with van der Waals surface area (Å²) in [6.07, 6.45) is 1.75. The lowest BCUT2D eigenvalue weighted by molar-refractivity contribution is 0.0695. The maximum absolute atomic E-state index is 11.2. The van der Waals surface area contributed by atoms with Crippen LogP contribution in [0.4, 0.5) is 5.69 Å². The molecule has 4 nitrogen and oxygen atoms in total. The molecule has 0 spiro atoms. The van der Waals surface area contributed by atoms with Gasteiger partial charge in [-0.1, -0.05) is 30.3 Å². The Bertz CT molecular complexity index is 885. The minimum atomic E-state index is -0.905. The first-order valence-corrected chi connectivity index (χ1v) is 7.67. The summed E-state index contributed by atoms with van der Waals surface area (Å²) >= 11 is 0. The van der Waals surface area contributed by atoms with Crippen LogP contribution < -0.4 is 0 Å². The third kappa shape index (κ3) is 3.27. The monoisotopic (exact) mass is 318 g/mol. The number of rotatable bonds is 4. The molecule has 120 valence electrons. The average molecular weight is 318 g/mol. The number of nitrogens with one attached hydrogen (secondary N) is 1. The number of carbonyl (C=O) groups is 1. The zero-order chi connectivity index (χ0) is 17.1. The van der Waals surface area contributed by atoms with Gasteiger partial charge in [0.2, 0.25) is 0 Å². The van der Waals surface area contributed by atoms with E-state index in [1.807, 2.05) is 42.5 Å². The maximum atomic E-state index is 11.2. The number of carboxylic acid groups (broad SMARTS) is 1. The summed E-state index contributed by atoms with van der Waals surface area (Å²) in [5, 5.41) is 9.21. The van der Waals surface area contributed by atoms with Crippen LogP contribution in [0.25, 0.3) is 11.3 Å². The number of H-pyrrole nitrogens is 1. The van der Waals surface area contributed by atoms with Crippen LogP contribution in [0, 0.1) is 13.8 Å². The van der Waals surface area contributed by atoms with Crippen LogP contribution in [-0.2, 0) is 0 Å². The lowest BCUT2D eigenvalue weighted by Crippen LogP contribution is -2.02. The van der Waals surface area contributed by atoms with Gasteiger partial charge >= 0.3 is 5.97 Å². The third-order valence-electron chi connectivity index (χ3n) is 3.88. The van der Waals surface area contributed by atoms with E-state index in [0.29, 0.717) is 16.7 Å². The maximum Gasteiger partial charge on any atom is 0.336 e. The van der Waals surface area contributed by atoms with Gasteiger partial charge in [0.15, 0.2) is 0 Å². The average Bonchev–Trinajstić information content (AvgIpc) is 3.02. The van der Waals surface area contributed by atoms with Crippen molar-refractivity contribution < 1.29 is 9.90 Å². The van der Waals surface area contributed by atoms with E-state index >= 15 is 0 Å². The highest BCUT2D eigenvalue weighted by atomic mass is 16.4. The Hall–Kier alpha value is -3.14. The minimum absolute atomic E-state index is 0.347. The largest absolute Gasteiger partial charge is 0.478 e. The second-order valence-electron chi connectivity index (χ2n) is 5.71. The van der Waals surface area contributed by atoms with Crippen LogP contribution in [0.2, 0.25) is 0 Å². The van der Waals surface area contributed by atoms with Crippen LogP contribution in [-0.4, -0.2) is 22.3 Å². The molecule has 0 aliphatic heterocycles. The van der Waals surface area contributed by atoms with E-state index in [9.17, 15) is 9.90 Å². The van der Waals surface area contributed by atoms with Gasteiger partial charge < -0.3 is 10.1 Å². The molecule has 0 aliphatic carbocycles. The normalized spacial score (nSPS) is 11.1. The van der Waals surface area contributed by atoms with E-state index in [1.165, 1.54) is 0 Å². The Kier molecular flexibility index (Phi) is 4.29. The number of aliphatic imine (C=N–C) groups is 1. The minimum Gasteiger partial charge on any atom is -0.478 e. The SMILES string of the molecule is Cc1cc(N=Cc2ccc(-c3ccccc3)[nH]2)cc(C)c1C(=O)O. The van der Waals surface area contributed by atoms with E-state index in [2.05, 4.69) is 9.98 Å². The molecule has 0 atom stereocenters. The van der Waals surface area contributed by atoms with E-state index in [-0.39, 0.29) is 0 Å². The lowest BCUT2D eigenvalue weighted by atomic mass is 10.0. The molecule has 24 heavy (non-hydrogen) atoms. The van der Waals surface area contributed by atoms with Gasteiger partial charge in [0.05, 0.1) is 23.2 Å². The second kappa shape index (κ2) is 6.54. The summed E-state index contributed by atoms with van der Waals surface area (Å²) in [7, 11) is 0. The molecule has 2 N–H and O–H groups in total. The van der Waals surface area contributed by atoms with E-state index in [1.54, 1.807) is 32.2 Å². The zero-order valence-electron chi connectivity index (χ0n) is 13.6. The van der Waals surface area contributed by atoms with Crippen LogP contribution >= 0.6 is 0 Å². The van der Waals surface area contributed by atoms with Crippen molar-refractivity contribution in [3.63, 3.8) is 0 Å². The summed E-state index contributed by atoms with van der Waals surface area (Å²) in [5.41, 5.74) is 5.56. The second-order valence-corrected chi connectivity index (χ2v) is 5.71. The Morgan fingerprint density at radius 3 is 2.33 bits per heavy atom. The van der Waals surface area contributed by atoms with Gasteiger partial charge in [-0.3, -0.25) is 4.99 Å². The summed E-state index contributed by atoms with van der Waals surface area (Å²) in [6.45, 7) is 3.58. The smallest absolute Gasteiger partial charge is 0.336 e. The molecular weight excluding hydrogens is 300 g/mol. The number of hydrogen-bond acceptors (Lipinski definition) is 2. The number of benzene rings is 2. The van der Waals surface area contributed by atoms with Crippen molar-refractivity contribution in [3.05, 3.63) is 77.0 Å². The van der Waals surface area contributed by atoms with Crippen molar-refractivity contribution in [1.29, 1.82) is 0 Å². The molecule has 3 aromatic rings. The van der Waals surface area contributed by atoms with Gasteiger partial charge in [0, 0.05) is 5.69 Å². The van der Waals surface area contributed by atoms with Crippen molar-refractivity contribution in [2.75, 3.05) is 0 Å². The first kappa shape index (κ1) is 15.7. The van der Waals surface area contributed by atoms with Crippen molar-refractivity contribution >= 4 is 17.9 Å². The summed E-state index contributed by atoms with van der Waals surface area (Å²) < 4.78 is 0. The van der Waals surface area contributed by atoms with E-state index in [0.717, 1.165) is 22.6 Å². The number of carboxylic acids is 1. The number of hydrogen-bond donors (Lipinski definition) is 2. The molecule has 1 aromatic heterocycles. The van der Waals surface area contributed by atoms with Gasteiger partial charge in [-0.05, 0) is 54.8 Å². The molecule has 0 radical (unpaired) electrons. The quantitative estimate of drug-likeness (QED) is 0.682. The molecule has 0 saturated carbocycles. The Balaban J connectivity index is 1.84. The highest BCUT2D eigenvalue weighted by Crippen LogP contribution is 2.23. The molecule has 0 saturated heterocycles. The molecular formula is C20H18N2O2. The summed E-state index contributed by atoms with van der Waals surface area (Å²) in [5.74, 6) is -0.905. The fourth-order valence-corrected chi connectivity index (χ4v) is 2.77. The standard InChI is InChI=1S/C20H18N2O2/c1-13-10-17(11-14(2)19(13)20(23)24)21-12-16-8-9-18(22-16)15-6-4-3-5-7-15/h3-12,22H,1-2H3,(H,23,24). The number of aryl methyl sites for hydroxylation is 2. The van der Waals surface area contributed by atoms with Gasteiger partial charge in [-0.2, -0.15) is 0 Å². The van der Waals surface area contributed by atoms with Crippen molar-refractivity contribution in [3.8, 4) is 11.3 Å². The lowest BCUT2D eigenvalue weighted by Gasteiger charge is -2.06. The molecule has 0 bridgehead atoms. The number of aromatic amines is 1. The van der Waals surface area contributed by atoms with Crippen LogP contribution in [0.3, 0.4) is 0 Å². The molecule has 2 aromatic carbocycles. The molecule has 4 heteroatoms. The van der Waals surface area contributed by atoms with E-state index in [4.69, 9.17) is 0 Å². The third-order valence-corrected chi connectivity index (χ3v) is 3.88. The van der Waals surface area contributed by atoms with Crippen LogP contribution in [0.1, 0.15) is 27.2 Å². The first-order chi connectivity index (χ1) is 11.5. The van der Waals surface area contributed by atoms with Crippen molar-refractivity contribution in [1.82, 2.24) is 4.98 Å². The van der Waals surface area contributed by atoms with Crippen molar-refractivity contribution in [2.45, 2.75) is 13.8 Å². The fourth-order valence-electron chi connectivity index (χ4n) is 2.77. The van der Waals surface area contributed by atoms with Gasteiger partial charge in [-0.25, -0.2) is 4.79 Å². The molecule has 0 aliphatic rings. The molecule has 0 amide bonds. The van der Waals surface area contributed by atoms with Crippen LogP contribution in [0.15, 0.2) is 59.6 Å². The Morgan fingerprint density at radius 2 is 1.71 bits per heavy atom. The summed E-state index contributed by atoms with van der Waals surface area (Å²) in [6, 6.07) is 17.6. The van der Waals surface area contributed by atoms with Gasteiger partial charge in [-0.15, -0.1) is 0 Å². The van der Waals surface area contributed by atoms with Gasteiger partial charge in [0.1, 0.15) is 0 Å². The molecule has 0 fully saturated rings. The topological polar surface area (TPSA) is 65.5 Å². The Labute approximate surface area is 140 Å². The fraction of sp³-hybridized carbons (Fsp3) is 0.100. The first-order valence-electron chi connectivity index (χ1n) is 7.67. The number of aromatic nitrogens is 1. The predicted molar refractivity (Wildman–Crippen MR) is 96.4 cm³/mol. The highest BCUT2D eigenvalue weighted by molar-refractivity contribution is 5.92. The van der Waals surface area contributed by atoms with E-state index < -0.39 is 5.97 Å². The van der Waals surface area contributed by atoms with Crippen LogP contribution in [0.5, 0.6) is 0 Å². The van der Waals surface area contributed by atoms with Crippen molar-refractivity contribution in [2.24, 2.45) is 4.99 Å². The molecule has 1 heterocycles.